The minimum Gasteiger partial charge on any atom is -0.456 e. The van der Waals surface area contributed by atoms with Crippen molar-refractivity contribution in [3.8, 4) is 5.75 Å². The van der Waals surface area contributed by atoms with E-state index < -0.39 is 100 Å². The Kier molecular flexibility index (Phi) is 10.2. The zero-order valence-electron chi connectivity index (χ0n) is 33.0. The maximum absolute atomic E-state index is 14.9. The van der Waals surface area contributed by atoms with Gasteiger partial charge in [-0.3, -0.25) is 9.59 Å². The van der Waals surface area contributed by atoms with Gasteiger partial charge in [0.1, 0.15) is 41.8 Å². The second kappa shape index (κ2) is 14.8. The number of carbonyl (C=O) groups excluding carboxylic acids is 4. The van der Waals surface area contributed by atoms with E-state index in [9.17, 15) is 39.6 Å². The van der Waals surface area contributed by atoms with Crippen LogP contribution in [0.5, 0.6) is 5.75 Å². The summed E-state index contributed by atoms with van der Waals surface area (Å²) in [4.78, 5) is 60.0. The van der Waals surface area contributed by atoms with Crippen LogP contribution in [0.25, 0.3) is 0 Å². The quantitative estimate of drug-likeness (QED) is 0.0762. The van der Waals surface area contributed by atoms with E-state index in [0.717, 1.165) is 6.40 Å². The van der Waals surface area contributed by atoms with Crippen molar-refractivity contribution in [3.05, 3.63) is 113 Å². The third-order valence-corrected chi connectivity index (χ3v) is 13.8. The normalized spacial score (nSPS) is 36.6. The standard InChI is InChI=1S/C45H47NO13/c1-24-29(57-41(53)36(50)34(26-14-8-5-9-15-26)46-23-56-28-18-12-7-13-19-28)21-45(54)39(58-40(52)27-16-10-6-11-17-27)33-37-42(3,38(51)35(49)32(24)43(33,45)4)30(48)20-31-44(37,22-55-31)59-25(2)47/h5-19,23,29-31,33-37,39,48-50,54H,20-22H2,1-4H3/t29-,30-,31+,33?,34-,35+,36+,37-,39-,42+,43?,44-,45+/m0/s1. The number of Topliss-reactive ketones (excluding diaryl/α,β-unsaturated/α-hetero) is 1. The number of rotatable bonds is 10. The van der Waals surface area contributed by atoms with Gasteiger partial charge in [0.2, 0.25) is 0 Å². The first-order chi connectivity index (χ1) is 28.1. The Morgan fingerprint density at radius 3 is 2.17 bits per heavy atom. The van der Waals surface area contributed by atoms with Crippen molar-refractivity contribution in [2.45, 2.75) is 94.4 Å². The van der Waals surface area contributed by atoms with E-state index in [1.54, 1.807) is 86.6 Å². The van der Waals surface area contributed by atoms with Crippen molar-refractivity contribution in [2.24, 2.45) is 27.7 Å². The Hall–Kier alpha value is -5.25. The fourth-order valence-corrected chi connectivity index (χ4v) is 10.8. The van der Waals surface area contributed by atoms with Gasteiger partial charge in [0, 0.05) is 37.0 Å². The minimum absolute atomic E-state index is 0.0204. The molecule has 4 N–H and O–H groups in total. The Morgan fingerprint density at radius 2 is 1.56 bits per heavy atom. The average molecular weight is 810 g/mol. The largest absolute Gasteiger partial charge is 0.456 e. The van der Waals surface area contributed by atoms with E-state index >= 15 is 0 Å². The molecule has 0 radical (unpaired) electrons. The van der Waals surface area contributed by atoms with Crippen LogP contribution in [0.2, 0.25) is 0 Å². The lowest BCUT2D eigenvalue weighted by Gasteiger charge is -2.73. The lowest BCUT2D eigenvalue weighted by atomic mass is 9.36. The highest BCUT2D eigenvalue weighted by atomic mass is 16.6. The first-order valence-electron chi connectivity index (χ1n) is 19.7. The van der Waals surface area contributed by atoms with E-state index in [1.807, 2.05) is 6.07 Å². The third kappa shape index (κ3) is 6.06. The molecule has 4 aliphatic carbocycles. The molecular formula is C45H47NO13. The summed E-state index contributed by atoms with van der Waals surface area (Å²) in [5, 5.41) is 48.7. The first-order valence-corrected chi connectivity index (χ1v) is 19.7. The summed E-state index contributed by atoms with van der Waals surface area (Å²) in [5.74, 6) is -5.11. The number of aliphatic imine (C=N–C) groups is 1. The molecule has 14 nitrogen and oxygen atoms in total. The summed E-state index contributed by atoms with van der Waals surface area (Å²) in [7, 11) is 0. The highest BCUT2D eigenvalue weighted by Gasteiger charge is 2.85. The lowest BCUT2D eigenvalue weighted by Crippen LogP contribution is -2.84. The fourth-order valence-electron chi connectivity index (χ4n) is 10.8. The van der Waals surface area contributed by atoms with Crippen LogP contribution in [0.3, 0.4) is 0 Å². The van der Waals surface area contributed by atoms with Gasteiger partial charge in [-0.05, 0) is 54.8 Å². The van der Waals surface area contributed by atoms with Gasteiger partial charge in [0.25, 0.3) is 0 Å². The van der Waals surface area contributed by atoms with Crippen molar-refractivity contribution >= 4 is 30.1 Å². The summed E-state index contributed by atoms with van der Waals surface area (Å²) in [5.41, 5.74) is -6.11. The second-order valence-corrected chi connectivity index (χ2v) is 16.7. The number of aliphatic hydroxyl groups excluding tert-OH is 3. The molecule has 59 heavy (non-hydrogen) atoms. The van der Waals surface area contributed by atoms with Crippen molar-refractivity contribution in [1.29, 1.82) is 0 Å². The molecule has 4 fully saturated rings. The Bertz CT molecular complexity index is 2200. The zero-order chi connectivity index (χ0) is 42.1. The van der Waals surface area contributed by atoms with E-state index in [-0.39, 0.29) is 36.2 Å². The van der Waals surface area contributed by atoms with Crippen LogP contribution in [-0.2, 0) is 33.3 Å². The van der Waals surface area contributed by atoms with Gasteiger partial charge in [-0.15, -0.1) is 0 Å². The van der Waals surface area contributed by atoms with Crippen molar-refractivity contribution in [2.75, 3.05) is 6.61 Å². The van der Waals surface area contributed by atoms with Gasteiger partial charge in [-0.25, -0.2) is 14.6 Å². The number of para-hydroxylation sites is 1. The Balaban J connectivity index is 1.21. The highest BCUT2D eigenvalue weighted by Crippen LogP contribution is 2.75. The summed E-state index contributed by atoms with van der Waals surface area (Å²) in [6, 6.07) is 24.2. The Morgan fingerprint density at radius 1 is 0.932 bits per heavy atom. The van der Waals surface area contributed by atoms with Gasteiger partial charge in [0.15, 0.2) is 23.9 Å². The smallest absolute Gasteiger partial charge is 0.338 e. The molecule has 0 spiro atoms. The molecule has 0 aromatic heterocycles. The third-order valence-electron chi connectivity index (χ3n) is 13.8. The fraction of sp³-hybridized carbons (Fsp3) is 0.444. The summed E-state index contributed by atoms with van der Waals surface area (Å²) < 4.78 is 29.8. The first kappa shape index (κ1) is 40.5. The van der Waals surface area contributed by atoms with Crippen LogP contribution < -0.4 is 4.74 Å². The lowest BCUT2D eigenvalue weighted by molar-refractivity contribution is -0.370. The predicted octanol–water partition coefficient (Wildman–Crippen LogP) is 3.45. The topological polar surface area (TPSA) is 208 Å². The number of hydrogen-bond donors (Lipinski definition) is 4. The molecule has 5 aliphatic rings. The van der Waals surface area contributed by atoms with Crippen molar-refractivity contribution < 1.29 is 63.3 Å². The number of carbonyl (C=O) groups is 4. The molecule has 1 saturated heterocycles. The SMILES string of the molecule is CC(=O)O[C@@]12CO[C@@H]1C[C@H](O)[C@@]1(C)C(=O)[C@H](O)C3=C(C)[C@@H](OC(=O)[C@H](O)[C@@H](N=COc4ccccc4)c4ccccc4)C[C@@]4(O)[C@@H](OC(=O)c5ccccc5)C([C@H]21)C34C. The van der Waals surface area contributed by atoms with E-state index in [2.05, 4.69) is 4.99 Å². The molecule has 3 saturated carbocycles. The summed E-state index contributed by atoms with van der Waals surface area (Å²) >= 11 is 0. The van der Waals surface area contributed by atoms with Crippen LogP contribution in [-0.4, -0.2) is 105 Å². The van der Waals surface area contributed by atoms with Gasteiger partial charge in [0.05, 0.1) is 23.7 Å². The number of ether oxygens (including phenoxy) is 5. The van der Waals surface area contributed by atoms with Crippen LogP contribution >= 0.6 is 0 Å². The number of fused-ring (bicyclic) bond motifs is 4. The maximum atomic E-state index is 14.9. The average Bonchev–Trinajstić information content (AvgIpc) is 3.28. The van der Waals surface area contributed by atoms with E-state index in [4.69, 9.17) is 23.7 Å². The second-order valence-electron chi connectivity index (χ2n) is 16.7. The van der Waals surface area contributed by atoms with Crippen LogP contribution in [0.4, 0.5) is 0 Å². The molecule has 0 bridgehead atoms. The highest BCUT2D eigenvalue weighted by molar-refractivity contribution is 5.94. The molecule has 1 heterocycles. The molecular weight excluding hydrogens is 762 g/mol. The zero-order valence-corrected chi connectivity index (χ0v) is 33.0. The minimum atomic E-state index is -2.11. The van der Waals surface area contributed by atoms with E-state index in [0.29, 0.717) is 11.3 Å². The molecule has 0 amide bonds. The number of hydrogen-bond acceptors (Lipinski definition) is 14. The molecule has 13 atom stereocenters. The molecule has 310 valence electrons. The number of benzene rings is 3. The molecule has 2 unspecified atom stereocenters. The molecule has 14 heteroatoms. The van der Waals surface area contributed by atoms with Gasteiger partial charge in [-0.2, -0.15) is 0 Å². The van der Waals surface area contributed by atoms with Crippen LogP contribution in [0, 0.1) is 22.7 Å². The number of ketones is 1. The molecule has 3 aromatic rings. The van der Waals surface area contributed by atoms with Crippen molar-refractivity contribution in [1.82, 2.24) is 0 Å². The monoisotopic (exact) mass is 809 g/mol. The number of esters is 3. The molecule has 3 aromatic carbocycles. The number of nitrogens with zero attached hydrogens (tertiary/aromatic N) is 1. The summed E-state index contributed by atoms with van der Waals surface area (Å²) in [6.45, 7) is 5.78. The molecule has 8 rings (SSSR count). The predicted molar refractivity (Wildman–Crippen MR) is 208 cm³/mol. The van der Waals surface area contributed by atoms with Crippen LogP contribution in [0.15, 0.2) is 107 Å². The van der Waals surface area contributed by atoms with Gasteiger partial charge in [-0.1, -0.05) is 73.7 Å². The van der Waals surface area contributed by atoms with Gasteiger partial charge >= 0.3 is 17.9 Å². The van der Waals surface area contributed by atoms with Crippen LogP contribution in [0.1, 0.15) is 62.5 Å². The van der Waals surface area contributed by atoms with Crippen molar-refractivity contribution in [3.63, 3.8) is 0 Å². The van der Waals surface area contributed by atoms with E-state index in [1.165, 1.54) is 26.0 Å². The number of aliphatic hydroxyl groups is 4. The Labute approximate surface area is 340 Å². The summed E-state index contributed by atoms with van der Waals surface area (Å²) in [6.07, 6.45) is -8.25. The molecule has 1 aliphatic heterocycles. The van der Waals surface area contributed by atoms with Gasteiger partial charge < -0.3 is 44.1 Å². The maximum Gasteiger partial charge on any atom is 0.338 e.